The van der Waals surface area contributed by atoms with E-state index in [1.807, 2.05) is 30.3 Å². The molecule has 0 aliphatic heterocycles. The number of ether oxygens (including phenoxy) is 1. The van der Waals surface area contributed by atoms with Crippen LogP contribution in [0.15, 0.2) is 72.8 Å². The maximum Gasteiger partial charge on any atom is 0.407 e. The first-order valence-electron chi connectivity index (χ1n) is 10.5. The number of rotatable bonds is 6. The van der Waals surface area contributed by atoms with Crippen LogP contribution in [0, 0.1) is 0 Å². The van der Waals surface area contributed by atoms with Crippen LogP contribution in [0.4, 0.5) is 4.79 Å². The van der Waals surface area contributed by atoms with Crippen molar-refractivity contribution < 1.29 is 19.4 Å². The molecule has 1 amide bonds. The zero-order valence-corrected chi connectivity index (χ0v) is 17.0. The largest absolute Gasteiger partial charge is 0.478 e. The number of alkyl carbamates (subject to hydrolysis) is 1. The van der Waals surface area contributed by atoms with Crippen LogP contribution in [0.2, 0.25) is 0 Å². The molecule has 0 heterocycles. The van der Waals surface area contributed by atoms with E-state index < -0.39 is 12.1 Å². The molecule has 156 valence electrons. The molecular weight excluding hydrogens is 390 g/mol. The second-order valence-corrected chi connectivity index (χ2v) is 8.35. The molecule has 5 rings (SSSR count). The van der Waals surface area contributed by atoms with Crippen LogP contribution in [0.5, 0.6) is 0 Å². The fraction of sp³-hybridized carbons (Fsp3) is 0.231. The van der Waals surface area contributed by atoms with Crippen molar-refractivity contribution in [3.63, 3.8) is 0 Å². The summed E-state index contributed by atoms with van der Waals surface area (Å²) in [6.07, 6.45) is 1.39. The third kappa shape index (κ3) is 3.56. The first kappa shape index (κ1) is 19.4. The average molecular weight is 413 g/mol. The maximum absolute atomic E-state index is 12.5. The van der Waals surface area contributed by atoms with Gasteiger partial charge in [0.15, 0.2) is 0 Å². The van der Waals surface area contributed by atoms with Gasteiger partial charge in [-0.2, -0.15) is 0 Å². The summed E-state index contributed by atoms with van der Waals surface area (Å²) in [4.78, 5) is 23.7. The smallest absolute Gasteiger partial charge is 0.407 e. The SMILES string of the molecule is O=C(NCC1(c2cccc(C(=O)O)c2)CC1)OCC1c2ccccc2-c2ccccc21. The third-order valence-corrected chi connectivity index (χ3v) is 6.49. The fourth-order valence-electron chi connectivity index (χ4n) is 4.59. The molecular formula is C26H23NO4. The first-order chi connectivity index (χ1) is 15.1. The lowest BCUT2D eigenvalue weighted by molar-refractivity contribution is 0.0696. The van der Waals surface area contributed by atoms with Crippen LogP contribution in [0.1, 0.15) is 45.8 Å². The van der Waals surface area contributed by atoms with Gasteiger partial charge >= 0.3 is 12.1 Å². The first-order valence-corrected chi connectivity index (χ1v) is 10.5. The lowest BCUT2D eigenvalue weighted by Crippen LogP contribution is -2.33. The van der Waals surface area contributed by atoms with Gasteiger partial charge in [-0.3, -0.25) is 0 Å². The van der Waals surface area contributed by atoms with Crippen molar-refractivity contribution in [1.29, 1.82) is 0 Å². The summed E-state index contributed by atoms with van der Waals surface area (Å²) in [5, 5.41) is 12.1. The number of benzene rings is 3. The van der Waals surface area contributed by atoms with Gasteiger partial charge in [0.1, 0.15) is 6.61 Å². The van der Waals surface area contributed by atoms with Crippen LogP contribution in [-0.4, -0.2) is 30.3 Å². The summed E-state index contributed by atoms with van der Waals surface area (Å²) in [5.74, 6) is -0.914. The van der Waals surface area contributed by atoms with E-state index in [4.69, 9.17) is 4.74 Å². The molecule has 2 aliphatic carbocycles. The van der Waals surface area contributed by atoms with Gasteiger partial charge < -0.3 is 15.2 Å². The Labute approximate surface area is 180 Å². The molecule has 3 aromatic carbocycles. The predicted molar refractivity (Wildman–Crippen MR) is 117 cm³/mol. The molecule has 0 saturated heterocycles. The van der Waals surface area contributed by atoms with Crippen molar-refractivity contribution in [3.05, 3.63) is 95.1 Å². The predicted octanol–water partition coefficient (Wildman–Crippen LogP) is 4.96. The zero-order valence-electron chi connectivity index (χ0n) is 17.0. The summed E-state index contributed by atoms with van der Waals surface area (Å²) in [6.45, 7) is 0.716. The number of carboxylic acids is 1. The Bertz CT molecular complexity index is 1120. The second-order valence-electron chi connectivity index (χ2n) is 8.35. The highest BCUT2D eigenvalue weighted by atomic mass is 16.5. The number of hydrogen-bond acceptors (Lipinski definition) is 3. The highest BCUT2D eigenvalue weighted by Crippen LogP contribution is 2.48. The van der Waals surface area contributed by atoms with Crippen molar-refractivity contribution >= 4 is 12.1 Å². The van der Waals surface area contributed by atoms with Gasteiger partial charge in [0.25, 0.3) is 0 Å². The van der Waals surface area contributed by atoms with Gasteiger partial charge in [-0.05, 0) is 52.8 Å². The lowest BCUT2D eigenvalue weighted by Gasteiger charge is -2.18. The van der Waals surface area contributed by atoms with Crippen LogP contribution in [-0.2, 0) is 10.2 Å². The van der Waals surface area contributed by atoms with Gasteiger partial charge in [-0.1, -0.05) is 60.7 Å². The van der Waals surface area contributed by atoms with Crippen LogP contribution < -0.4 is 5.32 Å². The monoisotopic (exact) mass is 413 g/mol. The minimum absolute atomic E-state index is 0.0280. The molecule has 3 aromatic rings. The number of carbonyl (C=O) groups excluding carboxylic acids is 1. The van der Waals surface area contributed by atoms with E-state index in [-0.39, 0.29) is 23.5 Å². The molecule has 5 nitrogen and oxygen atoms in total. The van der Waals surface area contributed by atoms with Crippen molar-refractivity contribution in [1.82, 2.24) is 5.32 Å². The standard InChI is InChI=1S/C26H23NO4/c28-24(29)17-6-5-7-18(14-17)26(12-13-26)16-27-25(30)31-15-23-21-10-3-1-8-19(21)20-9-2-4-11-22(20)23/h1-11,14,23H,12-13,15-16H2,(H,27,30)(H,28,29). The molecule has 0 spiro atoms. The molecule has 31 heavy (non-hydrogen) atoms. The van der Waals surface area contributed by atoms with Crippen molar-refractivity contribution in [3.8, 4) is 11.1 Å². The average Bonchev–Trinajstić information content (AvgIpc) is 3.53. The van der Waals surface area contributed by atoms with E-state index in [1.54, 1.807) is 18.2 Å². The van der Waals surface area contributed by atoms with Gasteiger partial charge in [-0.15, -0.1) is 0 Å². The normalized spacial score (nSPS) is 15.6. The van der Waals surface area contributed by atoms with E-state index in [1.165, 1.54) is 22.3 Å². The summed E-state index contributed by atoms with van der Waals surface area (Å²) < 4.78 is 5.62. The molecule has 0 aromatic heterocycles. The van der Waals surface area contributed by atoms with Gasteiger partial charge in [0.2, 0.25) is 0 Å². The van der Waals surface area contributed by atoms with Crippen molar-refractivity contribution in [2.75, 3.05) is 13.2 Å². The molecule has 1 saturated carbocycles. The molecule has 1 fully saturated rings. The van der Waals surface area contributed by atoms with E-state index >= 15 is 0 Å². The lowest BCUT2D eigenvalue weighted by atomic mass is 9.94. The summed E-state index contributed by atoms with van der Waals surface area (Å²) >= 11 is 0. The Kier molecular flexibility index (Phi) is 4.74. The number of hydrogen-bond donors (Lipinski definition) is 2. The van der Waals surface area contributed by atoms with Gasteiger partial charge in [0, 0.05) is 17.9 Å². The quantitative estimate of drug-likeness (QED) is 0.599. The fourth-order valence-corrected chi connectivity index (χ4v) is 4.59. The second kappa shape index (κ2) is 7.58. The third-order valence-electron chi connectivity index (χ3n) is 6.49. The molecule has 5 heteroatoms. The van der Waals surface area contributed by atoms with Gasteiger partial charge in [-0.25, -0.2) is 9.59 Å². The van der Waals surface area contributed by atoms with Crippen molar-refractivity contribution in [2.24, 2.45) is 0 Å². The number of aromatic carboxylic acids is 1. The summed E-state index contributed by atoms with van der Waals surface area (Å²) in [6, 6.07) is 23.5. The highest BCUT2D eigenvalue weighted by Gasteiger charge is 2.44. The topological polar surface area (TPSA) is 75.6 Å². The van der Waals surface area contributed by atoms with E-state index in [0.717, 1.165) is 18.4 Å². The minimum atomic E-state index is -0.942. The van der Waals surface area contributed by atoms with E-state index in [0.29, 0.717) is 6.54 Å². The van der Waals surface area contributed by atoms with Crippen LogP contribution in [0.3, 0.4) is 0 Å². The molecule has 2 aliphatic rings. The Morgan fingerprint density at radius 2 is 1.58 bits per heavy atom. The number of fused-ring (bicyclic) bond motifs is 3. The van der Waals surface area contributed by atoms with Crippen LogP contribution in [0.25, 0.3) is 11.1 Å². The Morgan fingerprint density at radius 3 is 2.19 bits per heavy atom. The molecule has 2 N–H and O–H groups in total. The zero-order chi connectivity index (χ0) is 21.4. The number of carboxylic acid groups (broad SMARTS) is 1. The minimum Gasteiger partial charge on any atom is -0.478 e. The van der Waals surface area contributed by atoms with Crippen molar-refractivity contribution in [2.45, 2.75) is 24.2 Å². The Balaban J connectivity index is 1.23. The number of nitrogens with one attached hydrogen (secondary N) is 1. The maximum atomic E-state index is 12.5. The number of carbonyl (C=O) groups is 2. The Hall–Kier alpha value is -3.60. The molecule has 0 unspecified atom stereocenters. The number of amides is 1. The molecule has 0 radical (unpaired) electrons. The Morgan fingerprint density at radius 1 is 0.935 bits per heavy atom. The molecule has 0 atom stereocenters. The van der Waals surface area contributed by atoms with Gasteiger partial charge in [0.05, 0.1) is 5.56 Å². The van der Waals surface area contributed by atoms with E-state index in [2.05, 4.69) is 29.6 Å². The van der Waals surface area contributed by atoms with E-state index in [9.17, 15) is 14.7 Å². The molecule has 0 bridgehead atoms. The summed E-state index contributed by atoms with van der Waals surface area (Å²) in [7, 11) is 0. The van der Waals surface area contributed by atoms with Crippen LogP contribution >= 0.6 is 0 Å². The highest BCUT2D eigenvalue weighted by molar-refractivity contribution is 5.88. The summed E-state index contributed by atoms with van der Waals surface area (Å²) in [5.41, 5.74) is 5.78.